The molecule has 0 bridgehead atoms. The van der Waals surface area contributed by atoms with Crippen LogP contribution in [0.1, 0.15) is 44.1 Å². The molecule has 0 amide bonds. The van der Waals surface area contributed by atoms with Crippen LogP contribution in [0.4, 0.5) is 8.78 Å². The van der Waals surface area contributed by atoms with Gasteiger partial charge in [0.2, 0.25) is 0 Å². The van der Waals surface area contributed by atoms with Gasteiger partial charge in [-0.1, -0.05) is 31.5 Å². The first-order valence-corrected chi connectivity index (χ1v) is 8.41. The number of furan rings is 1. The van der Waals surface area contributed by atoms with Crippen LogP contribution >= 0.6 is 11.8 Å². The molecule has 3 nitrogen and oxygen atoms in total. The van der Waals surface area contributed by atoms with Crippen LogP contribution in [0.15, 0.2) is 16.5 Å². The van der Waals surface area contributed by atoms with Gasteiger partial charge in [0.05, 0.1) is 18.9 Å². The molecule has 2 N–H and O–H groups in total. The summed E-state index contributed by atoms with van der Waals surface area (Å²) in [4.78, 5) is 0. The number of thioether (sulfide) groups is 1. The van der Waals surface area contributed by atoms with Crippen LogP contribution in [0, 0.1) is 5.92 Å². The van der Waals surface area contributed by atoms with Gasteiger partial charge in [-0.05, 0) is 30.9 Å². The summed E-state index contributed by atoms with van der Waals surface area (Å²) in [6.45, 7) is 2.84. The second kappa shape index (κ2) is 7.61. The molecule has 1 aromatic rings. The standard InChI is InChI=1S/C15H23F2NO2S/c1-11-3-2-6-15(7-11,10-19)18-8-12-4-5-13(20-12)9-21-14(16)17/h4-5,11,14,18-19H,2-3,6-10H2,1H3. The second-order valence-corrected chi connectivity index (χ2v) is 6.91. The summed E-state index contributed by atoms with van der Waals surface area (Å²) in [6.07, 6.45) is 4.24. The summed E-state index contributed by atoms with van der Waals surface area (Å²) < 4.78 is 29.8. The van der Waals surface area contributed by atoms with Crippen molar-refractivity contribution in [1.29, 1.82) is 0 Å². The van der Waals surface area contributed by atoms with E-state index in [9.17, 15) is 13.9 Å². The number of rotatable bonds is 7. The Hall–Kier alpha value is -0.590. The van der Waals surface area contributed by atoms with Crippen LogP contribution < -0.4 is 5.32 Å². The molecular weight excluding hydrogens is 296 g/mol. The molecule has 0 aromatic carbocycles. The van der Waals surface area contributed by atoms with Crippen molar-refractivity contribution in [2.45, 2.75) is 56.2 Å². The highest BCUT2D eigenvalue weighted by molar-refractivity contribution is 7.98. The maximum atomic E-state index is 12.1. The van der Waals surface area contributed by atoms with E-state index in [0.29, 0.717) is 30.0 Å². The highest BCUT2D eigenvalue weighted by atomic mass is 32.2. The lowest BCUT2D eigenvalue weighted by Crippen LogP contribution is -2.51. The van der Waals surface area contributed by atoms with Gasteiger partial charge < -0.3 is 14.8 Å². The van der Waals surface area contributed by atoms with Crippen LogP contribution in [-0.2, 0) is 12.3 Å². The molecule has 1 fully saturated rings. The van der Waals surface area contributed by atoms with E-state index in [4.69, 9.17) is 4.42 Å². The minimum atomic E-state index is -2.38. The van der Waals surface area contributed by atoms with Gasteiger partial charge in [-0.15, -0.1) is 0 Å². The van der Waals surface area contributed by atoms with Crippen molar-refractivity contribution >= 4 is 11.8 Å². The Labute approximate surface area is 128 Å². The molecule has 0 spiro atoms. The van der Waals surface area contributed by atoms with Crippen LogP contribution in [-0.4, -0.2) is 23.0 Å². The predicted octanol–water partition coefficient (Wildman–Crippen LogP) is 3.77. The highest BCUT2D eigenvalue weighted by Gasteiger charge is 2.33. The molecule has 6 heteroatoms. The summed E-state index contributed by atoms with van der Waals surface area (Å²) in [6, 6.07) is 3.55. The fourth-order valence-electron chi connectivity index (χ4n) is 3.03. The number of nitrogens with one attached hydrogen (secondary N) is 1. The third-order valence-corrected chi connectivity index (χ3v) is 4.80. The van der Waals surface area contributed by atoms with Gasteiger partial charge >= 0.3 is 0 Å². The molecule has 120 valence electrons. The van der Waals surface area contributed by atoms with Gasteiger partial charge in [-0.25, -0.2) is 0 Å². The third kappa shape index (κ3) is 4.97. The van der Waals surface area contributed by atoms with Gasteiger partial charge in [0.25, 0.3) is 5.76 Å². The van der Waals surface area contributed by atoms with E-state index in [1.165, 1.54) is 6.42 Å². The number of aliphatic hydroxyl groups excluding tert-OH is 1. The third-order valence-electron chi connectivity index (χ3n) is 4.10. The summed E-state index contributed by atoms with van der Waals surface area (Å²) in [7, 11) is 0. The lowest BCUT2D eigenvalue weighted by molar-refractivity contribution is 0.0963. The number of halogens is 2. The molecule has 1 aliphatic rings. The summed E-state index contributed by atoms with van der Waals surface area (Å²) in [5.41, 5.74) is -0.234. The maximum absolute atomic E-state index is 12.1. The van der Waals surface area contributed by atoms with E-state index < -0.39 is 5.76 Å². The molecule has 2 unspecified atom stereocenters. The Morgan fingerprint density at radius 3 is 2.90 bits per heavy atom. The van der Waals surface area contributed by atoms with Gasteiger partial charge in [-0.2, -0.15) is 8.78 Å². The normalized spacial score (nSPS) is 26.4. The maximum Gasteiger partial charge on any atom is 0.284 e. The summed E-state index contributed by atoms with van der Waals surface area (Å²) in [5, 5.41) is 13.1. The van der Waals surface area contributed by atoms with Crippen molar-refractivity contribution in [1.82, 2.24) is 5.32 Å². The van der Waals surface area contributed by atoms with E-state index in [2.05, 4.69) is 12.2 Å². The molecule has 0 saturated heterocycles. The zero-order valence-corrected chi connectivity index (χ0v) is 13.1. The second-order valence-electron chi connectivity index (χ2n) is 5.93. The minimum absolute atomic E-state index is 0.117. The Bertz CT molecular complexity index is 441. The van der Waals surface area contributed by atoms with Gasteiger partial charge in [0.15, 0.2) is 0 Å². The average molecular weight is 319 g/mol. The number of alkyl halides is 2. The molecule has 1 aliphatic carbocycles. The van der Waals surface area contributed by atoms with Crippen LogP contribution in [0.25, 0.3) is 0 Å². The highest BCUT2D eigenvalue weighted by Crippen LogP contribution is 2.32. The Kier molecular flexibility index (Phi) is 6.08. The smallest absolute Gasteiger partial charge is 0.284 e. The fourth-order valence-corrected chi connectivity index (χ4v) is 3.48. The average Bonchev–Trinajstić information content (AvgIpc) is 2.91. The zero-order valence-electron chi connectivity index (χ0n) is 12.3. The van der Waals surface area contributed by atoms with Crippen molar-refractivity contribution in [2.75, 3.05) is 6.61 Å². The Morgan fingerprint density at radius 2 is 2.24 bits per heavy atom. The van der Waals surface area contributed by atoms with Gasteiger partial charge in [0, 0.05) is 5.54 Å². The molecule has 1 saturated carbocycles. The van der Waals surface area contributed by atoms with E-state index in [1.54, 1.807) is 6.07 Å². The van der Waals surface area contributed by atoms with Gasteiger partial charge in [-0.3, -0.25) is 0 Å². The number of hydrogen-bond donors (Lipinski definition) is 2. The Balaban J connectivity index is 1.86. The zero-order chi connectivity index (χ0) is 15.3. The molecule has 1 aromatic heterocycles. The molecule has 2 rings (SSSR count). The van der Waals surface area contributed by atoms with E-state index in [1.807, 2.05) is 6.07 Å². The van der Waals surface area contributed by atoms with Crippen molar-refractivity contribution < 1.29 is 18.3 Å². The summed E-state index contributed by atoms with van der Waals surface area (Å²) in [5.74, 6) is -0.302. The molecule has 1 heterocycles. The lowest BCUT2D eigenvalue weighted by atomic mass is 9.77. The quantitative estimate of drug-likeness (QED) is 0.803. The lowest BCUT2D eigenvalue weighted by Gasteiger charge is -2.39. The summed E-state index contributed by atoms with van der Waals surface area (Å²) >= 11 is 0.560. The first-order chi connectivity index (χ1) is 10.0. The largest absolute Gasteiger partial charge is 0.464 e. The molecule has 2 atom stereocenters. The molecule has 21 heavy (non-hydrogen) atoms. The SMILES string of the molecule is CC1CCCC(CO)(NCc2ccc(CSC(F)F)o2)C1. The van der Waals surface area contributed by atoms with Crippen molar-refractivity contribution in [3.8, 4) is 0 Å². The Morgan fingerprint density at radius 1 is 1.48 bits per heavy atom. The number of aliphatic hydroxyl groups is 1. The molecular formula is C15H23F2NO2S. The van der Waals surface area contributed by atoms with Crippen LogP contribution in [0.2, 0.25) is 0 Å². The van der Waals surface area contributed by atoms with E-state index in [0.717, 1.165) is 25.0 Å². The monoisotopic (exact) mass is 319 g/mol. The first kappa shape index (κ1) is 16.8. The van der Waals surface area contributed by atoms with Crippen LogP contribution in [0.3, 0.4) is 0 Å². The predicted molar refractivity (Wildman–Crippen MR) is 80.3 cm³/mol. The first-order valence-electron chi connectivity index (χ1n) is 7.36. The molecule has 0 aliphatic heterocycles. The van der Waals surface area contributed by atoms with Gasteiger partial charge in [0.1, 0.15) is 11.5 Å². The van der Waals surface area contributed by atoms with Crippen molar-refractivity contribution in [3.63, 3.8) is 0 Å². The van der Waals surface area contributed by atoms with E-state index in [-0.39, 0.29) is 17.9 Å². The topological polar surface area (TPSA) is 45.4 Å². The van der Waals surface area contributed by atoms with Crippen molar-refractivity contribution in [2.24, 2.45) is 5.92 Å². The van der Waals surface area contributed by atoms with Crippen LogP contribution in [0.5, 0.6) is 0 Å². The van der Waals surface area contributed by atoms with E-state index >= 15 is 0 Å². The van der Waals surface area contributed by atoms with Crippen molar-refractivity contribution in [3.05, 3.63) is 23.7 Å². The minimum Gasteiger partial charge on any atom is -0.464 e. The number of hydrogen-bond acceptors (Lipinski definition) is 4. The fraction of sp³-hybridized carbons (Fsp3) is 0.733. The molecule has 0 radical (unpaired) electrons.